The van der Waals surface area contributed by atoms with E-state index in [2.05, 4.69) is 11.8 Å². The molecule has 2 N–H and O–H groups in total. The van der Waals surface area contributed by atoms with Crippen LogP contribution in [0.4, 0.5) is 4.39 Å². The third-order valence-electron chi connectivity index (χ3n) is 5.26. The monoisotopic (exact) mass is 312 g/mol. The van der Waals surface area contributed by atoms with E-state index in [4.69, 9.17) is 5.73 Å². The van der Waals surface area contributed by atoms with Crippen LogP contribution < -0.4 is 5.73 Å². The van der Waals surface area contributed by atoms with E-state index in [9.17, 15) is 4.39 Å². The van der Waals surface area contributed by atoms with Gasteiger partial charge >= 0.3 is 0 Å². The molecule has 1 aliphatic heterocycles. The fourth-order valence-corrected chi connectivity index (χ4v) is 4.20. The first-order valence-electron chi connectivity index (χ1n) is 7.94. The molecule has 1 heterocycles. The molecule has 0 aromatic heterocycles. The van der Waals surface area contributed by atoms with E-state index in [1.165, 1.54) is 24.8 Å². The Kier molecular flexibility index (Phi) is 5.64. The maximum absolute atomic E-state index is 13.1. The van der Waals surface area contributed by atoms with Crippen molar-refractivity contribution in [2.75, 3.05) is 13.1 Å². The molecule has 1 saturated heterocycles. The Hall–Kier alpha value is -0.640. The Bertz CT molecular complexity index is 451. The number of likely N-dealkylation sites (tertiary alicyclic amines) is 1. The molecule has 1 aromatic carbocycles. The van der Waals surface area contributed by atoms with Gasteiger partial charge in [-0.2, -0.15) is 0 Å². The number of benzene rings is 1. The zero-order chi connectivity index (χ0) is 14.1. The minimum Gasteiger partial charge on any atom is -0.327 e. The van der Waals surface area contributed by atoms with Crippen LogP contribution in [0.5, 0.6) is 0 Å². The zero-order valence-electron chi connectivity index (χ0n) is 12.7. The molecule has 1 saturated carbocycles. The average molecular weight is 313 g/mol. The first-order chi connectivity index (χ1) is 9.69. The minimum atomic E-state index is -0.152. The fourth-order valence-electron chi connectivity index (χ4n) is 4.20. The lowest BCUT2D eigenvalue weighted by atomic mass is 9.78. The van der Waals surface area contributed by atoms with E-state index in [1.807, 2.05) is 12.1 Å². The second kappa shape index (κ2) is 7.08. The SMILES string of the molecule is CCC(c1ccc(F)cc1)N1CC2CCCC(N)C2C1.Cl. The fraction of sp³-hybridized carbons (Fsp3) is 0.647. The van der Waals surface area contributed by atoms with Gasteiger partial charge in [-0.25, -0.2) is 4.39 Å². The molecule has 2 nitrogen and oxygen atoms in total. The van der Waals surface area contributed by atoms with Crippen molar-refractivity contribution in [3.8, 4) is 0 Å². The van der Waals surface area contributed by atoms with Crippen LogP contribution in [0, 0.1) is 17.7 Å². The molecule has 4 unspecified atom stereocenters. The Morgan fingerprint density at radius 3 is 2.57 bits per heavy atom. The van der Waals surface area contributed by atoms with Gasteiger partial charge in [0.15, 0.2) is 0 Å². The average Bonchev–Trinajstić information content (AvgIpc) is 2.87. The van der Waals surface area contributed by atoms with Gasteiger partial charge in [-0.1, -0.05) is 25.5 Å². The lowest BCUT2D eigenvalue weighted by Crippen LogP contribution is -2.38. The summed E-state index contributed by atoms with van der Waals surface area (Å²) in [6, 6.07) is 7.81. The maximum Gasteiger partial charge on any atom is 0.123 e. The number of fused-ring (bicyclic) bond motifs is 1. The van der Waals surface area contributed by atoms with E-state index in [0.717, 1.165) is 25.4 Å². The molecule has 2 fully saturated rings. The molecular formula is C17H26ClFN2. The van der Waals surface area contributed by atoms with Gasteiger partial charge in [0, 0.05) is 25.2 Å². The summed E-state index contributed by atoms with van der Waals surface area (Å²) in [5, 5.41) is 0. The molecule has 4 atom stereocenters. The van der Waals surface area contributed by atoms with Crippen molar-refractivity contribution in [1.82, 2.24) is 4.90 Å². The molecule has 118 valence electrons. The van der Waals surface area contributed by atoms with Gasteiger partial charge in [-0.15, -0.1) is 12.4 Å². The molecular weight excluding hydrogens is 287 g/mol. The zero-order valence-corrected chi connectivity index (χ0v) is 13.5. The normalized spacial score (nSPS) is 30.5. The third-order valence-corrected chi connectivity index (χ3v) is 5.26. The summed E-state index contributed by atoms with van der Waals surface area (Å²) in [6.07, 6.45) is 4.86. The van der Waals surface area contributed by atoms with Crippen molar-refractivity contribution in [3.05, 3.63) is 35.6 Å². The summed E-state index contributed by atoms with van der Waals surface area (Å²) >= 11 is 0. The standard InChI is InChI=1S/C17H25FN2.ClH/c1-2-17(12-6-8-14(18)9-7-12)20-10-13-4-3-5-16(19)15(13)11-20;/h6-9,13,15-17H,2-5,10-11,19H2,1H3;1H. The summed E-state index contributed by atoms with van der Waals surface area (Å²) in [5.74, 6) is 1.28. The van der Waals surface area contributed by atoms with Crippen molar-refractivity contribution in [2.24, 2.45) is 17.6 Å². The largest absolute Gasteiger partial charge is 0.327 e. The van der Waals surface area contributed by atoms with Crippen LogP contribution in [0.2, 0.25) is 0 Å². The summed E-state index contributed by atoms with van der Waals surface area (Å²) in [6.45, 7) is 4.49. The number of nitrogens with two attached hydrogens (primary N) is 1. The van der Waals surface area contributed by atoms with Crippen LogP contribution in [0.1, 0.15) is 44.2 Å². The number of hydrogen-bond donors (Lipinski definition) is 1. The highest BCUT2D eigenvalue weighted by atomic mass is 35.5. The molecule has 0 radical (unpaired) electrons. The van der Waals surface area contributed by atoms with Gasteiger partial charge in [0.2, 0.25) is 0 Å². The summed E-state index contributed by atoms with van der Waals surface area (Å²) in [4.78, 5) is 2.58. The lowest BCUT2D eigenvalue weighted by molar-refractivity contribution is 0.225. The summed E-state index contributed by atoms with van der Waals surface area (Å²) in [5.41, 5.74) is 7.54. The topological polar surface area (TPSA) is 29.3 Å². The van der Waals surface area contributed by atoms with Gasteiger partial charge in [0.25, 0.3) is 0 Å². The van der Waals surface area contributed by atoms with E-state index in [0.29, 0.717) is 18.0 Å². The quantitative estimate of drug-likeness (QED) is 0.921. The van der Waals surface area contributed by atoms with E-state index in [-0.39, 0.29) is 18.2 Å². The minimum absolute atomic E-state index is 0. The molecule has 4 heteroatoms. The Morgan fingerprint density at radius 2 is 1.95 bits per heavy atom. The van der Waals surface area contributed by atoms with Crippen LogP contribution in [-0.2, 0) is 0 Å². The van der Waals surface area contributed by atoms with E-state index in [1.54, 1.807) is 12.1 Å². The van der Waals surface area contributed by atoms with Crippen molar-refractivity contribution in [1.29, 1.82) is 0 Å². The van der Waals surface area contributed by atoms with Gasteiger partial charge < -0.3 is 5.73 Å². The Morgan fingerprint density at radius 1 is 1.24 bits per heavy atom. The second-order valence-electron chi connectivity index (χ2n) is 6.45. The molecule has 3 rings (SSSR count). The molecule has 21 heavy (non-hydrogen) atoms. The van der Waals surface area contributed by atoms with Crippen molar-refractivity contribution >= 4 is 12.4 Å². The first kappa shape index (κ1) is 16.7. The van der Waals surface area contributed by atoms with Gasteiger partial charge in [0.1, 0.15) is 5.82 Å². The van der Waals surface area contributed by atoms with Crippen LogP contribution in [0.3, 0.4) is 0 Å². The highest BCUT2D eigenvalue weighted by Gasteiger charge is 2.40. The van der Waals surface area contributed by atoms with Crippen LogP contribution in [0.15, 0.2) is 24.3 Å². The summed E-state index contributed by atoms with van der Waals surface area (Å²) in [7, 11) is 0. The first-order valence-corrected chi connectivity index (χ1v) is 7.94. The highest BCUT2D eigenvalue weighted by molar-refractivity contribution is 5.85. The molecule has 1 aromatic rings. The molecule has 2 aliphatic rings. The molecule has 1 aliphatic carbocycles. The van der Waals surface area contributed by atoms with Gasteiger partial charge in [0.05, 0.1) is 0 Å². The van der Waals surface area contributed by atoms with Crippen molar-refractivity contribution in [2.45, 2.75) is 44.7 Å². The number of nitrogens with zero attached hydrogens (tertiary/aromatic N) is 1. The smallest absolute Gasteiger partial charge is 0.123 e. The number of hydrogen-bond acceptors (Lipinski definition) is 2. The lowest BCUT2D eigenvalue weighted by Gasteiger charge is -2.30. The highest BCUT2D eigenvalue weighted by Crippen LogP contribution is 2.39. The van der Waals surface area contributed by atoms with Crippen LogP contribution in [0.25, 0.3) is 0 Å². The summed E-state index contributed by atoms with van der Waals surface area (Å²) < 4.78 is 13.1. The maximum atomic E-state index is 13.1. The predicted molar refractivity (Wildman–Crippen MR) is 87.1 cm³/mol. The Balaban J connectivity index is 0.00000161. The number of halogens is 2. The molecule has 0 amide bonds. The van der Waals surface area contributed by atoms with Crippen LogP contribution >= 0.6 is 12.4 Å². The van der Waals surface area contributed by atoms with E-state index < -0.39 is 0 Å². The van der Waals surface area contributed by atoms with Crippen LogP contribution in [-0.4, -0.2) is 24.0 Å². The number of rotatable bonds is 3. The van der Waals surface area contributed by atoms with Gasteiger partial charge in [-0.05, 0) is 48.8 Å². The molecule has 0 bridgehead atoms. The van der Waals surface area contributed by atoms with Crippen molar-refractivity contribution < 1.29 is 4.39 Å². The predicted octanol–water partition coefficient (Wildman–Crippen LogP) is 3.76. The molecule has 0 spiro atoms. The third kappa shape index (κ3) is 3.41. The van der Waals surface area contributed by atoms with E-state index >= 15 is 0 Å². The Labute approximate surface area is 133 Å². The second-order valence-corrected chi connectivity index (χ2v) is 6.45. The van der Waals surface area contributed by atoms with Gasteiger partial charge in [-0.3, -0.25) is 4.90 Å². The van der Waals surface area contributed by atoms with Crippen molar-refractivity contribution in [3.63, 3.8) is 0 Å².